The zero-order valence-corrected chi connectivity index (χ0v) is 15.8. The molecule has 0 spiro atoms. The number of aromatic nitrogens is 1. The van der Waals surface area contributed by atoms with Crippen molar-refractivity contribution in [3.05, 3.63) is 11.6 Å². The second-order valence-electron chi connectivity index (χ2n) is 7.34. The first-order valence-corrected chi connectivity index (χ1v) is 10.6. The summed E-state index contributed by atoms with van der Waals surface area (Å²) in [6, 6.07) is 0. The molecule has 0 unspecified atom stereocenters. The van der Waals surface area contributed by atoms with E-state index in [1.165, 1.54) is 32.1 Å². The summed E-state index contributed by atoms with van der Waals surface area (Å²) in [6.07, 6.45) is 11.7. The molecule has 2 heterocycles. The number of rotatable bonds is 5. The largest absolute Gasteiger partial charge is 0.346 e. The van der Waals surface area contributed by atoms with Gasteiger partial charge in [0.1, 0.15) is 0 Å². The molecule has 0 radical (unpaired) electrons. The molecular formula is C19H31N3OS. The van der Waals surface area contributed by atoms with E-state index in [-0.39, 0.29) is 5.92 Å². The highest BCUT2D eigenvalue weighted by atomic mass is 32.1. The number of unbranched alkanes of at least 4 members (excludes halogenated alkanes) is 1. The maximum absolute atomic E-state index is 12.9. The van der Waals surface area contributed by atoms with Gasteiger partial charge in [-0.05, 0) is 38.0 Å². The van der Waals surface area contributed by atoms with E-state index in [9.17, 15) is 4.79 Å². The topological polar surface area (TPSA) is 36.4 Å². The highest BCUT2D eigenvalue weighted by molar-refractivity contribution is 7.13. The van der Waals surface area contributed by atoms with Gasteiger partial charge in [-0.15, -0.1) is 11.3 Å². The minimum absolute atomic E-state index is 0.286. The number of hydrogen-bond acceptors (Lipinski definition) is 4. The lowest BCUT2D eigenvalue weighted by Crippen LogP contribution is -2.40. The molecule has 3 rings (SSSR count). The van der Waals surface area contributed by atoms with Gasteiger partial charge in [-0.3, -0.25) is 4.79 Å². The first-order chi connectivity index (χ1) is 11.8. The maximum atomic E-state index is 12.9. The monoisotopic (exact) mass is 349 g/mol. The van der Waals surface area contributed by atoms with Crippen LogP contribution in [0.2, 0.25) is 0 Å². The van der Waals surface area contributed by atoms with Crippen LogP contribution in [0.3, 0.4) is 0 Å². The van der Waals surface area contributed by atoms with Crippen molar-refractivity contribution in [3.63, 3.8) is 0 Å². The van der Waals surface area contributed by atoms with Crippen molar-refractivity contribution in [1.82, 2.24) is 9.88 Å². The molecule has 24 heavy (non-hydrogen) atoms. The lowest BCUT2D eigenvalue weighted by atomic mass is 9.79. The Morgan fingerprint density at radius 3 is 2.75 bits per heavy atom. The minimum Gasteiger partial charge on any atom is -0.346 e. The number of thiazole rings is 1. The van der Waals surface area contributed by atoms with Crippen LogP contribution in [0.1, 0.15) is 58.3 Å². The van der Waals surface area contributed by atoms with Crippen LogP contribution in [-0.2, 0) is 4.79 Å². The number of nitrogens with zero attached hydrogens (tertiary/aromatic N) is 3. The normalized spacial score (nSPS) is 25.5. The van der Waals surface area contributed by atoms with Crippen LogP contribution in [0.15, 0.2) is 11.6 Å². The molecule has 1 aromatic heterocycles. The van der Waals surface area contributed by atoms with Crippen LogP contribution >= 0.6 is 11.3 Å². The highest BCUT2D eigenvalue weighted by Gasteiger charge is 2.30. The molecule has 1 aliphatic carbocycles. The summed E-state index contributed by atoms with van der Waals surface area (Å²) in [6.45, 7) is 5.97. The van der Waals surface area contributed by atoms with Crippen molar-refractivity contribution in [3.8, 4) is 0 Å². The van der Waals surface area contributed by atoms with Crippen LogP contribution in [0.25, 0.3) is 0 Å². The van der Waals surface area contributed by atoms with Gasteiger partial charge in [0.15, 0.2) is 5.13 Å². The number of hydrogen-bond donors (Lipinski definition) is 0. The molecule has 0 aromatic carbocycles. The van der Waals surface area contributed by atoms with Crippen molar-refractivity contribution in [2.24, 2.45) is 11.8 Å². The van der Waals surface area contributed by atoms with E-state index in [1.807, 2.05) is 11.6 Å². The summed E-state index contributed by atoms with van der Waals surface area (Å²) in [5.74, 6) is 1.58. The highest BCUT2D eigenvalue weighted by Crippen LogP contribution is 2.33. The van der Waals surface area contributed by atoms with E-state index in [0.29, 0.717) is 5.91 Å². The van der Waals surface area contributed by atoms with Crippen molar-refractivity contribution in [2.75, 3.05) is 31.1 Å². The quantitative estimate of drug-likeness (QED) is 0.800. The first kappa shape index (κ1) is 17.7. The SMILES string of the molecule is CCCCC1CCC(C(=O)N2CCCN(c3nccs3)CC2)CC1. The van der Waals surface area contributed by atoms with Crippen molar-refractivity contribution < 1.29 is 4.79 Å². The molecule has 4 nitrogen and oxygen atoms in total. The molecule has 2 aliphatic rings. The molecule has 1 saturated carbocycles. The fraction of sp³-hybridized carbons (Fsp3) is 0.789. The van der Waals surface area contributed by atoms with Crippen LogP contribution in [0, 0.1) is 11.8 Å². The van der Waals surface area contributed by atoms with Gasteiger partial charge < -0.3 is 9.80 Å². The van der Waals surface area contributed by atoms with E-state index in [4.69, 9.17) is 0 Å². The summed E-state index contributed by atoms with van der Waals surface area (Å²) in [5, 5.41) is 3.13. The molecule has 1 saturated heterocycles. The number of carbonyl (C=O) groups is 1. The van der Waals surface area contributed by atoms with Crippen LogP contribution in [0.4, 0.5) is 5.13 Å². The fourth-order valence-corrected chi connectivity index (χ4v) is 4.85. The zero-order chi connectivity index (χ0) is 16.8. The van der Waals surface area contributed by atoms with Gasteiger partial charge in [0.25, 0.3) is 0 Å². The predicted molar refractivity (Wildman–Crippen MR) is 100 cm³/mol. The lowest BCUT2D eigenvalue weighted by Gasteiger charge is -2.31. The van der Waals surface area contributed by atoms with Gasteiger partial charge in [-0.25, -0.2) is 4.98 Å². The molecule has 1 aliphatic heterocycles. The van der Waals surface area contributed by atoms with E-state index in [1.54, 1.807) is 11.3 Å². The minimum atomic E-state index is 0.286. The van der Waals surface area contributed by atoms with E-state index < -0.39 is 0 Å². The second kappa shape index (κ2) is 8.84. The van der Waals surface area contributed by atoms with Crippen molar-refractivity contribution in [1.29, 1.82) is 0 Å². The Morgan fingerprint density at radius 2 is 2.04 bits per heavy atom. The molecule has 0 atom stereocenters. The summed E-state index contributed by atoms with van der Waals surface area (Å²) >= 11 is 1.69. The van der Waals surface area contributed by atoms with Crippen molar-refractivity contribution >= 4 is 22.4 Å². The van der Waals surface area contributed by atoms with Crippen molar-refractivity contribution in [2.45, 2.75) is 58.3 Å². The van der Waals surface area contributed by atoms with E-state index >= 15 is 0 Å². The second-order valence-corrected chi connectivity index (χ2v) is 8.21. The average molecular weight is 350 g/mol. The maximum Gasteiger partial charge on any atom is 0.225 e. The number of carbonyl (C=O) groups excluding carboxylic acids is 1. The molecular weight excluding hydrogens is 318 g/mol. The Bertz CT molecular complexity index is 497. The molecule has 0 bridgehead atoms. The first-order valence-electron chi connectivity index (χ1n) is 9.71. The van der Waals surface area contributed by atoms with Crippen LogP contribution in [-0.4, -0.2) is 42.0 Å². The Balaban J connectivity index is 1.47. The third-order valence-corrected chi connectivity index (χ3v) is 6.49. The lowest BCUT2D eigenvalue weighted by molar-refractivity contribution is -0.136. The third kappa shape index (κ3) is 4.50. The standard InChI is InChI=1S/C19H31N3OS/c1-2-3-5-16-6-8-17(9-7-16)18(23)21-11-4-12-22(14-13-21)19-20-10-15-24-19/h10,15-17H,2-9,11-14H2,1H3. The van der Waals surface area contributed by atoms with Gasteiger partial charge in [-0.2, -0.15) is 0 Å². The van der Waals surface area contributed by atoms with Crippen LogP contribution in [0.5, 0.6) is 0 Å². The van der Waals surface area contributed by atoms with Crippen LogP contribution < -0.4 is 4.90 Å². The Morgan fingerprint density at radius 1 is 1.21 bits per heavy atom. The molecule has 5 heteroatoms. The molecule has 1 aromatic rings. The van der Waals surface area contributed by atoms with Gasteiger partial charge in [0.05, 0.1) is 0 Å². The Kier molecular flexibility index (Phi) is 6.52. The summed E-state index contributed by atoms with van der Waals surface area (Å²) < 4.78 is 0. The molecule has 0 N–H and O–H groups in total. The zero-order valence-electron chi connectivity index (χ0n) is 15.0. The smallest absolute Gasteiger partial charge is 0.225 e. The molecule has 1 amide bonds. The summed E-state index contributed by atoms with van der Waals surface area (Å²) in [7, 11) is 0. The third-order valence-electron chi connectivity index (χ3n) is 5.66. The molecule has 134 valence electrons. The number of anilines is 1. The summed E-state index contributed by atoms with van der Waals surface area (Å²) in [5.41, 5.74) is 0. The Hall–Kier alpha value is -1.10. The van der Waals surface area contributed by atoms with Gasteiger partial charge in [0.2, 0.25) is 5.91 Å². The van der Waals surface area contributed by atoms with Gasteiger partial charge >= 0.3 is 0 Å². The number of amides is 1. The fourth-order valence-electron chi connectivity index (χ4n) is 4.15. The van der Waals surface area contributed by atoms with E-state index in [2.05, 4.69) is 21.7 Å². The molecule has 2 fully saturated rings. The average Bonchev–Trinajstić information content (AvgIpc) is 3.04. The van der Waals surface area contributed by atoms with Gasteiger partial charge in [0, 0.05) is 43.7 Å². The van der Waals surface area contributed by atoms with E-state index in [0.717, 1.165) is 56.5 Å². The summed E-state index contributed by atoms with van der Waals surface area (Å²) in [4.78, 5) is 21.8. The van der Waals surface area contributed by atoms with Gasteiger partial charge in [-0.1, -0.05) is 26.2 Å². The Labute approximate surface area is 150 Å². The predicted octanol–water partition coefficient (Wildman–Crippen LogP) is 4.18.